The number of nitro groups is 1. The van der Waals surface area contributed by atoms with Crippen LogP contribution in [-0.2, 0) is 9.84 Å². The fourth-order valence-corrected chi connectivity index (χ4v) is 3.05. The lowest BCUT2D eigenvalue weighted by Gasteiger charge is -2.28. The summed E-state index contributed by atoms with van der Waals surface area (Å²) in [6, 6.07) is 4.11. The molecule has 0 spiro atoms. The van der Waals surface area contributed by atoms with Crippen molar-refractivity contribution < 1.29 is 13.3 Å². The van der Waals surface area contributed by atoms with Crippen LogP contribution in [0.4, 0.5) is 11.4 Å². The summed E-state index contributed by atoms with van der Waals surface area (Å²) in [6.07, 6.45) is 7.23. The van der Waals surface area contributed by atoms with E-state index in [2.05, 4.69) is 0 Å². The molecule has 0 fully saturated rings. The van der Waals surface area contributed by atoms with Crippen molar-refractivity contribution in [1.82, 2.24) is 0 Å². The van der Waals surface area contributed by atoms with Crippen molar-refractivity contribution in [3.05, 3.63) is 57.8 Å². The number of benzene rings is 1. The highest BCUT2D eigenvalue weighted by Gasteiger charge is 2.30. The van der Waals surface area contributed by atoms with Gasteiger partial charge in [-0.3, -0.25) is 10.1 Å². The third-order valence-corrected chi connectivity index (χ3v) is 4.26. The lowest BCUT2D eigenvalue weighted by atomic mass is 10.2. The van der Waals surface area contributed by atoms with Crippen LogP contribution in [0.25, 0.3) is 0 Å². The van der Waals surface area contributed by atoms with E-state index in [-0.39, 0.29) is 16.4 Å². The molecular formula is C12H11ClN2O4S. The number of nitrogens with zero attached hydrogens (tertiary/aromatic N) is 2. The molecule has 6 nitrogen and oxygen atoms in total. The van der Waals surface area contributed by atoms with Gasteiger partial charge in [-0.2, -0.15) is 0 Å². The summed E-state index contributed by atoms with van der Waals surface area (Å²) in [6.45, 7) is 0. The molecule has 1 aliphatic heterocycles. The van der Waals surface area contributed by atoms with Crippen LogP contribution in [-0.4, -0.2) is 25.0 Å². The highest BCUT2D eigenvalue weighted by Crippen LogP contribution is 2.34. The van der Waals surface area contributed by atoms with Crippen LogP contribution in [0.1, 0.15) is 0 Å². The first-order valence-corrected chi connectivity index (χ1v) is 7.90. The fraction of sp³-hybridized carbons (Fsp3) is 0.167. The van der Waals surface area contributed by atoms with Crippen molar-refractivity contribution in [3.8, 4) is 0 Å². The van der Waals surface area contributed by atoms with Crippen LogP contribution in [0.15, 0.2) is 42.6 Å². The SMILES string of the molecule is CS(=O)(=O)C1C=CC=CN1c1ccc(Cl)cc1[N+](=O)[O-]. The number of rotatable bonds is 3. The predicted molar refractivity (Wildman–Crippen MR) is 77.5 cm³/mol. The van der Waals surface area contributed by atoms with E-state index in [9.17, 15) is 18.5 Å². The number of sulfone groups is 1. The van der Waals surface area contributed by atoms with Crippen LogP contribution in [0.3, 0.4) is 0 Å². The Kier molecular flexibility index (Phi) is 3.82. The minimum atomic E-state index is -3.44. The molecule has 106 valence electrons. The van der Waals surface area contributed by atoms with E-state index in [1.807, 2.05) is 0 Å². The Morgan fingerprint density at radius 1 is 1.35 bits per heavy atom. The number of halogens is 1. The molecule has 8 heteroatoms. The van der Waals surface area contributed by atoms with Gasteiger partial charge in [-0.25, -0.2) is 8.42 Å². The number of hydrogen-bond acceptors (Lipinski definition) is 5. The second-order valence-corrected chi connectivity index (χ2v) is 6.82. The zero-order valence-corrected chi connectivity index (χ0v) is 12.0. The van der Waals surface area contributed by atoms with Gasteiger partial charge in [0.2, 0.25) is 0 Å². The molecule has 0 saturated carbocycles. The van der Waals surface area contributed by atoms with Gasteiger partial charge >= 0.3 is 0 Å². The van der Waals surface area contributed by atoms with Gasteiger partial charge < -0.3 is 4.90 Å². The smallest absolute Gasteiger partial charge is 0.294 e. The van der Waals surface area contributed by atoms with Crippen molar-refractivity contribution in [1.29, 1.82) is 0 Å². The van der Waals surface area contributed by atoms with Crippen molar-refractivity contribution in [2.24, 2.45) is 0 Å². The van der Waals surface area contributed by atoms with E-state index < -0.39 is 20.1 Å². The molecule has 20 heavy (non-hydrogen) atoms. The molecule has 1 heterocycles. The molecular weight excluding hydrogens is 304 g/mol. The third kappa shape index (κ3) is 2.83. The number of allylic oxidation sites excluding steroid dienone is 2. The van der Waals surface area contributed by atoms with Gasteiger partial charge in [0.25, 0.3) is 5.69 Å². The summed E-state index contributed by atoms with van der Waals surface area (Å²) < 4.78 is 23.6. The van der Waals surface area contributed by atoms with Gasteiger partial charge in [-0.1, -0.05) is 17.7 Å². The van der Waals surface area contributed by atoms with E-state index in [1.54, 1.807) is 12.2 Å². The average molecular weight is 315 g/mol. The van der Waals surface area contributed by atoms with Crippen LogP contribution >= 0.6 is 11.6 Å². The van der Waals surface area contributed by atoms with Crippen molar-refractivity contribution in [2.75, 3.05) is 11.2 Å². The monoisotopic (exact) mass is 314 g/mol. The largest absolute Gasteiger partial charge is 0.322 e. The van der Waals surface area contributed by atoms with Crippen LogP contribution in [0, 0.1) is 10.1 Å². The Balaban J connectivity index is 2.58. The summed E-state index contributed by atoms with van der Waals surface area (Å²) in [5.74, 6) is 0. The lowest BCUT2D eigenvalue weighted by molar-refractivity contribution is -0.384. The molecule has 1 aliphatic rings. The standard InChI is InChI=1S/C12H11ClN2O4S/c1-20(18,19)12-4-2-3-7-14(12)10-6-5-9(13)8-11(10)15(16)17/h2-8,12H,1H3. The first kappa shape index (κ1) is 14.5. The number of nitro benzene ring substituents is 1. The maximum absolute atomic E-state index is 11.8. The molecule has 0 bridgehead atoms. The van der Waals surface area contributed by atoms with Gasteiger partial charge in [-0.05, 0) is 24.3 Å². The van der Waals surface area contributed by atoms with E-state index in [0.29, 0.717) is 0 Å². The first-order valence-electron chi connectivity index (χ1n) is 5.57. The Labute approximate surface area is 121 Å². The molecule has 2 rings (SSSR count). The minimum absolute atomic E-state index is 0.176. The zero-order valence-electron chi connectivity index (χ0n) is 10.4. The summed E-state index contributed by atoms with van der Waals surface area (Å²) in [5.41, 5.74) is -0.0680. The maximum Gasteiger partial charge on any atom is 0.294 e. The molecule has 0 aromatic heterocycles. The first-order chi connectivity index (χ1) is 9.30. The van der Waals surface area contributed by atoms with Gasteiger partial charge in [0.15, 0.2) is 15.2 Å². The van der Waals surface area contributed by atoms with Gasteiger partial charge in [0.05, 0.1) is 4.92 Å². The Morgan fingerprint density at radius 2 is 2.05 bits per heavy atom. The van der Waals surface area contributed by atoms with Gasteiger partial charge in [0.1, 0.15) is 5.69 Å². The molecule has 0 radical (unpaired) electrons. The Bertz CT molecular complexity index is 712. The van der Waals surface area contributed by atoms with E-state index in [0.717, 1.165) is 6.26 Å². The zero-order chi connectivity index (χ0) is 14.9. The van der Waals surface area contributed by atoms with Gasteiger partial charge in [0, 0.05) is 23.5 Å². The average Bonchev–Trinajstić information content (AvgIpc) is 2.37. The molecule has 1 aromatic rings. The molecule has 1 unspecified atom stereocenters. The summed E-state index contributed by atoms with van der Waals surface area (Å²) >= 11 is 5.75. The molecule has 0 N–H and O–H groups in total. The second-order valence-electron chi connectivity index (χ2n) is 4.24. The highest BCUT2D eigenvalue weighted by molar-refractivity contribution is 7.91. The van der Waals surface area contributed by atoms with Crippen molar-refractivity contribution in [3.63, 3.8) is 0 Å². The molecule has 0 saturated heterocycles. The summed E-state index contributed by atoms with van der Waals surface area (Å²) in [5, 5.41) is 10.3. The Hall–Kier alpha value is -1.86. The van der Waals surface area contributed by atoms with Crippen LogP contribution < -0.4 is 4.90 Å². The number of hydrogen-bond donors (Lipinski definition) is 0. The van der Waals surface area contributed by atoms with E-state index in [4.69, 9.17) is 11.6 Å². The summed E-state index contributed by atoms with van der Waals surface area (Å²) in [4.78, 5) is 11.8. The molecule has 1 aromatic carbocycles. The molecule has 1 atom stereocenters. The quantitative estimate of drug-likeness (QED) is 0.632. The lowest BCUT2D eigenvalue weighted by Crippen LogP contribution is -2.37. The minimum Gasteiger partial charge on any atom is -0.322 e. The molecule has 0 aliphatic carbocycles. The second kappa shape index (κ2) is 5.26. The highest BCUT2D eigenvalue weighted by atomic mass is 35.5. The van der Waals surface area contributed by atoms with Crippen LogP contribution in [0.5, 0.6) is 0 Å². The Morgan fingerprint density at radius 3 is 2.65 bits per heavy atom. The van der Waals surface area contributed by atoms with Crippen molar-refractivity contribution in [2.45, 2.75) is 5.37 Å². The fourth-order valence-electron chi connectivity index (χ4n) is 1.91. The summed E-state index contributed by atoms with van der Waals surface area (Å²) in [7, 11) is -3.44. The van der Waals surface area contributed by atoms with Gasteiger partial charge in [-0.15, -0.1) is 0 Å². The van der Waals surface area contributed by atoms with Crippen LogP contribution in [0.2, 0.25) is 5.02 Å². The topological polar surface area (TPSA) is 80.5 Å². The normalized spacial score (nSPS) is 18.3. The third-order valence-electron chi connectivity index (χ3n) is 2.76. The van der Waals surface area contributed by atoms with E-state index in [1.165, 1.54) is 35.4 Å². The number of anilines is 1. The molecule has 0 amide bonds. The predicted octanol–water partition coefficient (Wildman–Crippen LogP) is 2.51. The maximum atomic E-state index is 11.8. The van der Waals surface area contributed by atoms with E-state index >= 15 is 0 Å². The van der Waals surface area contributed by atoms with Crippen molar-refractivity contribution >= 4 is 32.8 Å².